The van der Waals surface area contributed by atoms with Crippen LogP contribution in [0.1, 0.15) is 12.1 Å². The molecule has 0 aliphatic heterocycles. The lowest BCUT2D eigenvalue weighted by Crippen LogP contribution is -2.47. The maximum Gasteiger partial charge on any atom is 0.326 e. The molecule has 0 bridgehead atoms. The number of carboxylic acids is 1. The third kappa shape index (κ3) is 5.23. The van der Waals surface area contributed by atoms with E-state index in [1.54, 1.807) is 13.2 Å². The Balaban J connectivity index is 2.44. The lowest BCUT2D eigenvalue weighted by atomic mass is 10.2. The van der Waals surface area contributed by atoms with E-state index in [1.165, 1.54) is 4.90 Å². The number of likely N-dealkylation sites (N-methyl/N-ethyl adjacent to an activating group) is 1. The van der Waals surface area contributed by atoms with Crippen molar-refractivity contribution in [1.82, 2.24) is 15.2 Å². The van der Waals surface area contributed by atoms with Gasteiger partial charge in [0.15, 0.2) is 0 Å². The summed E-state index contributed by atoms with van der Waals surface area (Å²) in [5, 5.41) is 20.0. The number of aliphatic hydroxyl groups is 1. The molecule has 0 saturated carbocycles. The molecule has 1 unspecified atom stereocenters. The zero-order valence-electron chi connectivity index (χ0n) is 11.3. The van der Waals surface area contributed by atoms with Crippen LogP contribution >= 0.6 is 0 Å². The second-order valence-electron chi connectivity index (χ2n) is 4.35. The first-order chi connectivity index (χ1) is 9.54. The van der Waals surface area contributed by atoms with Gasteiger partial charge in [0.2, 0.25) is 0 Å². The number of hydrogen-bond acceptors (Lipinski definition) is 4. The van der Waals surface area contributed by atoms with Crippen LogP contribution in [0, 0.1) is 0 Å². The van der Waals surface area contributed by atoms with Crippen molar-refractivity contribution in [3.8, 4) is 0 Å². The van der Waals surface area contributed by atoms with Crippen molar-refractivity contribution in [2.45, 2.75) is 18.9 Å². The smallest absolute Gasteiger partial charge is 0.326 e. The quantitative estimate of drug-likeness (QED) is 0.658. The number of hydrogen-bond donors (Lipinski definition) is 3. The molecule has 20 heavy (non-hydrogen) atoms. The molecule has 0 fully saturated rings. The van der Waals surface area contributed by atoms with Crippen molar-refractivity contribution >= 4 is 12.0 Å². The molecule has 2 amide bonds. The molecule has 0 saturated heterocycles. The van der Waals surface area contributed by atoms with Gasteiger partial charge in [0.1, 0.15) is 6.04 Å². The summed E-state index contributed by atoms with van der Waals surface area (Å²) in [5.41, 5.74) is 0.859. The zero-order chi connectivity index (χ0) is 15.0. The molecular weight excluding hydrogens is 262 g/mol. The maximum absolute atomic E-state index is 11.8. The predicted octanol–water partition coefficient (Wildman–Crippen LogP) is 0.101. The molecule has 110 valence electrons. The van der Waals surface area contributed by atoms with Crippen LogP contribution in [0.2, 0.25) is 0 Å². The lowest BCUT2D eigenvalue weighted by molar-refractivity contribution is -0.139. The van der Waals surface area contributed by atoms with Gasteiger partial charge in [-0.2, -0.15) is 0 Å². The van der Waals surface area contributed by atoms with Gasteiger partial charge in [-0.3, -0.25) is 4.98 Å². The molecule has 0 aliphatic carbocycles. The van der Waals surface area contributed by atoms with E-state index in [4.69, 9.17) is 10.2 Å². The number of amides is 2. The molecule has 1 rings (SSSR count). The van der Waals surface area contributed by atoms with Crippen molar-refractivity contribution in [3.05, 3.63) is 30.1 Å². The fourth-order valence-corrected chi connectivity index (χ4v) is 1.58. The highest BCUT2D eigenvalue weighted by Crippen LogP contribution is 1.98. The van der Waals surface area contributed by atoms with Crippen LogP contribution in [0.15, 0.2) is 24.4 Å². The minimum atomic E-state index is -1.16. The Morgan fingerprint density at radius 1 is 1.45 bits per heavy atom. The maximum atomic E-state index is 11.8. The van der Waals surface area contributed by atoms with E-state index in [9.17, 15) is 9.59 Å². The first kappa shape index (κ1) is 15.9. The van der Waals surface area contributed by atoms with Gasteiger partial charge in [-0.25, -0.2) is 9.59 Å². The second kappa shape index (κ2) is 8.11. The van der Waals surface area contributed by atoms with Crippen LogP contribution in [0.4, 0.5) is 4.79 Å². The molecule has 1 aromatic rings. The second-order valence-corrected chi connectivity index (χ2v) is 4.35. The van der Waals surface area contributed by atoms with E-state index in [-0.39, 0.29) is 13.0 Å². The molecule has 3 N–H and O–H groups in total. The van der Waals surface area contributed by atoms with Crippen LogP contribution < -0.4 is 5.32 Å². The zero-order valence-corrected chi connectivity index (χ0v) is 11.3. The van der Waals surface area contributed by atoms with Gasteiger partial charge in [-0.1, -0.05) is 6.07 Å². The molecule has 7 nitrogen and oxygen atoms in total. The highest BCUT2D eigenvalue weighted by Gasteiger charge is 2.20. The number of carbonyl (C=O) groups is 2. The van der Waals surface area contributed by atoms with Crippen LogP contribution in [-0.4, -0.2) is 58.3 Å². The molecule has 1 heterocycles. The summed E-state index contributed by atoms with van der Waals surface area (Å²) in [6.07, 6.45) is 2.24. The van der Waals surface area contributed by atoms with Crippen molar-refractivity contribution in [2.24, 2.45) is 0 Å². The van der Waals surface area contributed by atoms with Crippen molar-refractivity contribution in [2.75, 3.05) is 20.2 Å². The summed E-state index contributed by atoms with van der Waals surface area (Å²) >= 11 is 0. The first-order valence-corrected chi connectivity index (χ1v) is 6.29. The average molecular weight is 281 g/mol. The molecule has 0 radical (unpaired) electrons. The summed E-state index contributed by atoms with van der Waals surface area (Å²) in [6, 6.07) is 3.97. The van der Waals surface area contributed by atoms with Gasteiger partial charge < -0.3 is 20.4 Å². The molecule has 1 atom stereocenters. The van der Waals surface area contributed by atoms with E-state index in [0.29, 0.717) is 13.0 Å². The minimum Gasteiger partial charge on any atom is -0.480 e. The number of aliphatic carboxylic acids is 1. The summed E-state index contributed by atoms with van der Waals surface area (Å²) in [6.45, 7) is 0.128. The summed E-state index contributed by atoms with van der Waals surface area (Å²) in [7, 11) is 1.58. The van der Waals surface area contributed by atoms with Crippen molar-refractivity contribution in [1.29, 1.82) is 0 Å². The number of nitrogens with one attached hydrogen (secondary N) is 1. The van der Waals surface area contributed by atoms with Gasteiger partial charge in [0.05, 0.1) is 0 Å². The Morgan fingerprint density at radius 3 is 2.75 bits per heavy atom. The van der Waals surface area contributed by atoms with E-state index < -0.39 is 18.0 Å². The molecule has 1 aromatic heterocycles. The van der Waals surface area contributed by atoms with Gasteiger partial charge in [-0.15, -0.1) is 0 Å². The summed E-state index contributed by atoms with van der Waals surface area (Å²) < 4.78 is 0. The minimum absolute atomic E-state index is 0.0187. The van der Waals surface area contributed by atoms with Crippen LogP contribution in [0.3, 0.4) is 0 Å². The Hall–Kier alpha value is -2.15. The van der Waals surface area contributed by atoms with Gasteiger partial charge in [0, 0.05) is 44.9 Å². The number of nitrogens with zero attached hydrogens (tertiary/aromatic N) is 2. The number of rotatable bonds is 7. The first-order valence-electron chi connectivity index (χ1n) is 6.29. The number of aromatic nitrogens is 1. The Kier molecular flexibility index (Phi) is 6.45. The lowest BCUT2D eigenvalue weighted by Gasteiger charge is -2.20. The molecule has 0 spiro atoms. The third-order valence-corrected chi connectivity index (χ3v) is 2.79. The van der Waals surface area contributed by atoms with Gasteiger partial charge in [0.25, 0.3) is 0 Å². The van der Waals surface area contributed by atoms with Crippen LogP contribution in [-0.2, 0) is 11.2 Å². The Labute approximate surface area is 117 Å². The number of urea groups is 1. The number of aliphatic hydroxyl groups excluding tert-OH is 1. The standard InChI is InChI=1S/C13H19N3O4/c1-16(8-5-10-4-2-3-7-14-10)13(20)15-11(6-9-17)12(18)19/h2-4,7,11,17H,5-6,8-9H2,1H3,(H,15,20)(H,18,19). The number of carboxylic acid groups (broad SMARTS) is 1. The van der Waals surface area contributed by atoms with E-state index in [1.807, 2.05) is 18.2 Å². The Bertz CT molecular complexity index is 439. The van der Waals surface area contributed by atoms with E-state index >= 15 is 0 Å². The van der Waals surface area contributed by atoms with Gasteiger partial charge in [-0.05, 0) is 12.1 Å². The molecule has 0 aliphatic rings. The van der Waals surface area contributed by atoms with Crippen molar-refractivity contribution < 1.29 is 19.8 Å². The SMILES string of the molecule is CN(CCc1ccccn1)C(=O)NC(CCO)C(=O)O. The normalized spacial score (nSPS) is 11.7. The molecule has 7 heteroatoms. The highest BCUT2D eigenvalue weighted by atomic mass is 16.4. The highest BCUT2D eigenvalue weighted by molar-refractivity contribution is 5.82. The van der Waals surface area contributed by atoms with E-state index in [2.05, 4.69) is 10.3 Å². The Morgan fingerprint density at radius 2 is 2.20 bits per heavy atom. The van der Waals surface area contributed by atoms with Crippen LogP contribution in [0.25, 0.3) is 0 Å². The largest absolute Gasteiger partial charge is 0.480 e. The fourth-order valence-electron chi connectivity index (χ4n) is 1.58. The van der Waals surface area contributed by atoms with Gasteiger partial charge >= 0.3 is 12.0 Å². The molecular formula is C13H19N3O4. The van der Waals surface area contributed by atoms with Crippen LogP contribution in [0.5, 0.6) is 0 Å². The third-order valence-electron chi connectivity index (χ3n) is 2.79. The fraction of sp³-hybridized carbons (Fsp3) is 0.462. The molecule has 0 aromatic carbocycles. The topological polar surface area (TPSA) is 103 Å². The number of pyridine rings is 1. The average Bonchev–Trinajstić information content (AvgIpc) is 2.45. The van der Waals surface area contributed by atoms with E-state index in [0.717, 1.165) is 5.69 Å². The number of carbonyl (C=O) groups excluding carboxylic acids is 1. The van der Waals surface area contributed by atoms with Crippen molar-refractivity contribution in [3.63, 3.8) is 0 Å². The summed E-state index contributed by atoms with van der Waals surface area (Å²) in [4.78, 5) is 28.2. The summed E-state index contributed by atoms with van der Waals surface area (Å²) in [5.74, 6) is -1.16. The monoisotopic (exact) mass is 281 g/mol. The predicted molar refractivity (Wildman–Crippen MR) is 72.2 cm³/mol.